The molecule has 4 nitrogen and oxygen atoms in total. The first kappa shape index (κ1) is 8.80. The van der Waals surface area contributed by atoms with Crippen LogP contribution in [0.25, 0.3) is 0 Å². The Labute approximate surface area is 70.3 Å². The first-order valence-corrected chi connectivity index (χ1v) is 3.62. The highest BCUT2D eigenvalue weighted by molar-refractivity contribution is 5.38. The first-order valence-electron chi connectivity index (χ1n) is 3.62. The van der Waals surface area contributed by atoms with Gasteiger partial charge in [-0.05, 0) is 6.92 Å². The molecule has 1 atom stereocenters. The van der Waals surface area contributed by atoms with E-state index in [1.807, 2.05) is 0 Å². The molecule has 0 aliphatic rings. The van der Waals surface area contributed by atoms with Gasteiger partial charge in [-0.1, -0.05) is 0 Å². The summed E-state index contributed by atoms with van der Waals surface area (Å²) in [4.78, 5) is 0. The van der Waals surface area contributed by atoms with Crippen molar-refractivity contribution in [3.05, 3.63) is 18.0 Å². The number of rotatable bonds is 1. The van der Waals surface area contributed by atoms with Crippen LogP contribution in [0.3, 0.4) is 0 Å². The molecule has 1 heterocycles. The maximum Gasteiger partial charge on any atom is 0.255 e. The molecule has 1 aromatic rings. The lowest BCUT2D eigenvalue weighted by Gasteiger charge is -2.05. The van der Waals surface area contributed by atoms with Crippen molar-refractivity contribution in [1.29, 1.82) is 0 Å². The third-order valence-electron chi connectivity index (χ3n) is 1.72. The van der Waals surface area contributed by atoms with E-state index in [-0.39, 0.29) is 11.5 Å². The number of aliphatic hydroxyl groups excluding tert-OH is 1. The van der Waals surface area contributed by atoms with Crippen molar-refractivity contribution in [2.24, 2.45) is 7.05 Å². The molecular weight excluding hydrogens is 158 g/mol. The van der Waals surface area contributed by atoms with E-state index >= 15 is 0 Å². The number of hydrogen-bond donors (Lipinski definition) is 3. The monoisotopic (exact) mass is 170 g/mol. The highest BCUT2D eigenvalue weighted by Gasteiger charge is 2.21. The van der Waals surface area contributed by atoms with Crippen LogP contribution >= 0.6 is 0 Å². The fourth-order valence-corrected chi connectivity index (χ4v) is 1.13. The third kappa shape index (κ3) is 1.33. The second-order valence-electron chi connectivity index (χ2n) is 2.72. The Morgan fingerprint density at radius 3 is 2.42 bits per heavy atom. The van der Waals surface area contributed by atoms with E-state index in [9.17, 15) is 10.2 Å². The van der Waals surface area contributed by atoms with Gasteiger partial charge in [0.05, 0.1) is 0 Å². The van der Waals surface area contributed by atoms with E-state index in [0.29, 0.717) is 5.69 Å². The Hall–Kier alpha value is -1.29. The van der Waals surface area contributed by atoms with Gasteiger partial charge in [0, 0.05) is 6.07 Å². The minimum Gasteiger partial charge on any atom is -0.504 e. The molecule has 12 heavy (non-hydrogen) atoms. The lowest BCUT2D eigenvalue weighted by molar-refractivity contribution is -0.683. The molecule has 3 N–H and O–H groups in total. The normalized spacial score (nSPS) is 12.9. The average molecular weight is 170 g/mol. The predicted octanol–water partition coefficient (Wildman–Crippen LogP) is -0.0244. The molecule has 1 unspecified atom stereocenters. The van der Waals surface area contributed by atoms with Crippen LogP contribution in [-0.2, 0) is 7.05 Å². The van der Waals surface area contributed by atoms with Crippen LogP contribution in [0, 0.1) is 0 Å². The van der Waals surface area contributed by atoms with Gasteiger partial charge < -0.3 is 15.3 Å². The standard InChI is InChI=1S/C8H11NO3/c1-5(10)7-8(12)6(11)3-4-9(7)2/h3-5,10,12H,1-2H3/p+1. The quantitative estimate of drug-likeness (QED) is 0.519. The summed E-state index contributed by atoms with van der Waals surface area (Å²) in [5, 5.41) is 27.6. The summed E-state index contributed by atoms with van der Waals surface area (Å²) in [7, 11) is 1.68. The van der Waals surface area contributed by atoms with Crippen molar-refractivity contribution in [3.8, 4) is 11.5 Å². The Kier molecular flexibility index (Phi) is 2.19. The number of aliphatic hydroxyl groups is 1. The zero-order valence-electron chi connectivity index (χ0n) is 7.02. The van der Waals surface area contributed by atoms with Gasteiger partial charge in [-0.3, -0.25) is 0 Å². The molecule has 0 spiro atoms. The smallest absolute Gasteiger partial charge is 0.255 e. The lowest BCUT2D eigenvalue weighted by Crippen LogP contribution is -2.34. The van der Waals surface area contributed by atoms with Crippen molar-refractivity contribution in [1.82, 2.24) is 0 Å². The second-order valence-corrected chi connectivity index (χ2v) is 2.72. The molecule has 0 aromatic carbocycles. The SMILES string of the molecule is CC(O)c1c(O)c(O)cc[n+]1C. The van der Waals surface area contributed by atoms with Crippen LogP contribution in [0.15, 0.2) is 12.3 Å². The van der Waals surface area contributed by atoms with E-state index in [0.717, 1.165) is 0 Å². The molecule has 0 bridgehead atoms. The zero-order chi connectivity index (χ0) is 9.30. The molecule has 0 amide bonds. The molecule has 0 saturated carbocycles. The minimum absolute atomic E-state index is 0.219. The molecule has 0 aliphatic carbocycles. The number of aryl methyl sites for hydroxylation is 1. The number of aromatic hydroxyl groups is 2. The average Bonchev–Trinajstić information content (AvgIpc) is 1.97. The first-order chi connectivity index (χ1) is 5.54. The molecule has 4 heteroatoms. The molecule has 0 aliphatic heterocycles. The molecule has 1 aromatic heterocycles. The number of aromatic nitrogens is 1. The van der Waals surface area contributed by atoms with Gasteiger partial charge in [0.1, 0.15) is 13.2 Å². The molecule has 66 valence electrons. The van der Waals surface area contributed by atoms with Gasteiger partial charge in [-0.2, -0.15) is 4.57 Å². The second kappa shape index (κ2) is 2.98. The zero-order valence-corrected chi connectivity index (χ0v) is 7.02. The molecular formula is C8H12NO3+. The topological polar surface area (TPSA) is 64.6 Å². The Balaban J connectivity index is 3.33. The summed E-state index contributed by atoms with van der Waals surface area (Å²) < 4.78 is 1.56. The van der Waals surface area contributed by atoms with Gasteiger partial charge >= 0.3 is 0 Å². The highest BCUT2D eigenvalue weighted by Crippen LogP contribution is 2.28. The summed E-state index contributed by atoms with van der Waals surface area (Å²) in [5.41, 5.74) is 0.301. The Bertz CT molecular complexity index is 297. The van der Waals surface area contributed by atoms with Crippen LogP contribution in [-0.4, -0.2) is 15.3 Å². The van der Waals surface area contributed by atoms with Crippen molar-refractivity contribution >= 4 is 0 Å². The summed E-state index contributed by atoms with van der Waals surface area (Å²) in [6, 6.07) is 1.36. The predicted molar refractivity (Wildman–Crippen MR) is 41.6 cm³/mol. The van der Waals surface area contributed by atoms with E-state index in [1.165, 1.54) is 13.0 Å². The van der Waals surface area contributed by atoms with Crippen molar-refractivity contribution < 1.29 is 19.9 Å². The van der Waals surface area contributed by atoms with Gasteiger partial charge in [-0.25, -0.2) is 0 Å². The van der Waals surface area contributed by atoms with E-state index in [2.05, 4.69) is 0 Å². The summed E-state index contributed by atoms with van der Waals surface area (Å²) in [5.74, 6) is -0.487. The van der Waals surface area contributed by atoms with Gasteiger partial charge in [0.15, 0.2) is 11.9 Å². The van der Waals surface area contributed by atoms with E-state index < -0.39 is 6.10 Å². The molecule has 0 saturated heterocycles. The highest BCUT2D eigenvalue weighted by atomic mass is 16.3. The molecule has 0 radical (unpaired) electrons. The maximum atomic E-state index is 9.32. The largest absolute Gasteiger partial charge is 0.504 e. The number of pyridine rings is 1. The Morgan fingerprint density at radius 2 is 2.00 bits per heavy atom. The van der Waals surface area contributed by atoms with Gasteiger partial charge in [-0.15, -0.1) is 0 Å². The fourth-order valence-electron chi connectivity index (χ4n) is 1.13. The lowest BCUT2D eigenvalue weighted by atomic mass is 10.2. The van der Waals surface area contributed by atoms with Crippen LogP contribution < -0.4 is 4.57 Å². The molecule has 0 fully saturated rings. The van der Waals surface area contributed by atoms with E-state index in [1.54, 1.807) is 17.8 Å². The minimum atomic E-state index is -0.804. The van der Waals surface area contributed by atoms with Crippen LogP contribution in [0.4, 0.5) is 0 Å². The van der Waals surface area contributed by atoms with Crippen LogP contribution in [0.2, 0.25) is 0 Å². The number of nitrogens with zero attached hydrogens (tertiary/aromatic N) is 1. The van der Waals surface area contributed by atoms with Crippen molar-refractivity contribution in [3.63, 3.8) is 0 Å². The number of hydrogen-bond acceptors (Lipinski definition) is 3. The maximum absolute atomic E-state index is 9.32. The summed E-state index contributed by atoms with van der Waals surface area (Å²) in [6.45, 7) is 1.52. The molecule has 1 rings (SSSR count). The van der Waals surface area contributed by atoms with Crippen molar-refractivity contribution in [2.45, 2.75) is 13.0 Å². The van der Waals surface area contributed by atoms with Crippen LogP contribution in [0.1, 0.15) is 18.7 Å². The summed E-state index contributed by atoms with van der Waals surface area (Å²) in [6.07, 6.45) is 0.763. The summed E-state index contributed by atoms with van der Waals surface area (Å²) >= 11 is 0. The van der Waals surface area contributed by atoms with Crippen LogP contribution in [0.5, 0.6) is 11.5 Å². The van der Waals surface area contributed by atoms with Gasteiger partial charge in [0.25, 0.3) is 5.69 Å². The third-order valence-corrected chi connectivity index (χ3v) is 1.72. The van der Waals surface area contributed by atoms with Gasteiger partial charge in [0.2, 0.25) is 5.75 Å². The Morgan fingerprint density at radius 1 is 1.42 bits per heavy atom. The fraction of sp³-hybridized carbons (Fsp3) is 0.375. The van der Waals surface area contributed by atoms with E-state index in [4.69, 9.17) is 5.11 Å². The van der Waals surface area contributed by atoms with Crippen molar-refractivity contribution in [2.75, 3.05) is 0 Å².